The molecule has 122 valence electrons. The molecule has 1 amide bonds. The van der Waals surface area contributed by atoms with Crippen molar-refractivity contribution in [2.45, 2.75) is 70.9 Å². The van der Waals surface area contributed by atoms with Gasteiger partial charge in [-0.05, 0) is 44.1 Å². The summed E-state index contributed by atoms with van der Waals surface area (Å²) in [4.78, 5) is 14.7. The molecule has 0 bridgehead atoms. The highest BCUT2D eigenvalue weighted by atomic mass is 16.1. The molecule has 0 saturated heterocycles. The van der Waals surface area contributed by atoms with Crippen LogP contribution in [0.3, 0.4) is 0 Å². The van der Waals surface area contributed by atoms with E-state index < -0.39 is 5.54 Å². The first-order valence-electron chi connectivity index (χ1n) is 8.85. The summed E-state index contributed by atoms with van der Waals surface area (Å²) in [6, 6.07) is 0.518. The maximum absolute atomic E-state index is 12.3. The van der Waals surface area contributed by atoms with Crippen LogP contribution in [0.15, 0.2) is 0 Å². The van der Waals surface area contributed by atoms with E-state index in [-0.39, 0.29) is 5.91 Å². The van der Waals surface area contributed by atoms with Gasteiger partial charge in [0.25, 0.3) is 0 Å². The standard InChI is InChI=1S/C17H33N3O/c1-4-13(5-2)11-20(6-3)12-17(16(18)21,14-7-8-14)19-15-9-10-15/h13-15,19H,4-12H2,1-3H3,(H2,18,21). The number of hydrogen-bond donors (Lipinski definition) is 2. The number of carbonyl (C=O) groups is 1. The third-order valence-corrected chi connectivity index (χ3v) is 5.34. The fraction of sp³-hybridized carbons (Fsp3) is 0.941. The van der Waals surface area contributed by atoms with Gasteiger partial charge in [-0.2, -0.15) is 0 Å². The summed E-state index contributed by atoms with van der Waals surface area (Å²) >= 11 is 0. The van der Waals surface area contributed by atoms with E-state index in [2.05, 4.69) is 31.0 Å². The Morgan fingerprint density at radius 3 is 2.24 bits per heavy atom. The van der Waals surface area contributed by atoms with Gasteiger partial charge < -0.3 is 10.6 Å². The first-order valence-corrected chi connectivity index (χ1v) is 8.85. The molecule has 2 aliphatic rings. The maximum Gasteiger partial charge on any atom is 0.239 e. The van der Waals surface area contributed by atoms with Gasteiger partial charge in [0.15, 0.2) is 0 Å². The zero-order valence-electron chi connectivity index (χ0n) is 14.0. The van der Waals surface area contributed by atoms with Gasteiger partial charge in [-0.15, -0.1) is 0 Å². The molecule has 0 spiro atoms. The Kier molecular flexibility index (Phi) is 5.67. The van der Waals surface area contributed by atoms with Crippen LogP contribution in [-0.2, 0) is 4.79 Å². The normalized spacial score (nSPS) is 21.8. The second kappa shape index (κ2) is 7.10. The number of amides is 1. The van der Waals surface area contributed by atoms with Crippen molar-refractivity contribution >= 4 is 5.91 Å². The predicted octanol–water partition coefficient (Wildman–Crippen LogP) is 2.13. The van der Waals surface area contributed by atoms with Crippen molar-refractivity contribution in [1.29, 1.82) is 0 Å². The number of hydrogen-bond acceptors (Lipinski definition) is 3. The zero-order chi connectivity index (χ0) is 15.5. The van der Waals surface area contributed by atoms with Gasteiger partial charge in [-0.25, -0.2) is 0 Å². The van der Waals surface area contributed by atoms with Gasteiger partial charge in [0, 0.05) is 19.1 Å². The number of nitrogens with two attached hydrogens (primary N) is 1. The van der Waals surface area contributed by atoms with E-state index in [9.17, 15) is 4.79 Å². The quantitative estimate of drug-likeness (QED) is 0.614. The molecule has 0 aliphatic heterocycles. The molecule has 21 heavy (non-hydrogen) atoms. The number of rotatable bonds is 11. The lowest BCUT2D eigenvalue weighted by Crippen LogP contribution is -2.64. The largest absolute Gasteiger partial charge is 0.368 e. The Balaban J connectivity index is 2.06. The second-order valence-electron chi connectivity index (χ2n) is 7.04. The van der Waals surface area contributed by atoms with Crippen LogP contribution in [0.4, 0.5) is 0 Å². The first-order chi connectivity index (χ1) is 10.1. The van der Waals surface area contributed by atoms with Crippen LogP contribution >= 0.6 is 0 Å². The minimum atomic E-state index is -0.483. The molecular weight excluding hydrogens is 262 g/mol. The SMILES string of the molecule is CCC(CC)CN(CC)CC(NC1CC1)(C(N)=O)C1CC1. The van der Waals surface area contributed by atoms with Crippen LogP contribution in [0.25, 0.3) is 0 Å². The van der Waals surface area contributed by atoms with E-state index in [4.69, 9.17) is 5.73 Å². The molecule has 2 fully saturated rings. The summed E-state index contributed by atoms with van der Waals surface area (Å²) in [5.41, 5.74) is 5.38. The van der Waals surface area contributed by atoms with Crippen molar-refractivity contribution < 1.29 is 4.79 Å². The molecule has 2 aliphatic carbocycles. The molecule has 3 N–H and O–H groups in total. The monoisotopic (exact) mass is 295 g/mol. The molecule has 0 aromatic heterocycles. The predicted molar refractivity (Wildman–Crippen MR) is 87.0 cm³/mol. The van der Waals surface area contributed by atoms with Crippen LogP contribution in [-0.4, -0.2) is 42.0 Å². The maximum atomic E-state index is 12.3. The van der Waals surface area contributed by atoms with Crippen molar-refractivity contribution in [1.82, 2.24) is 10.2 Å². The highest BCUT2D eigenvalue weighted by Crippen LogP contribution is 2.42. The Hall–Kier alpha value is -0.610. The molecule has 0 aromatic carbocycles. The summed E-state index contributed by atoms with van der Waals surface area (Å²) in [6.07, 6.45) is 7.09. The first kappa shape index (κ1) is 16.8. The van der Waals surface area contributed by atoms with Gasteiger partial charge in [0.2, 0.25) is 5.91 Å². The van der Waals surface area contributed by atoms with E-state index in [0.29, 0.717) is 12.0 Å². The average molecular weight is 295 g/mol. The van der Waals surface area contributed by atoms with Crippen LogP contribution in [0.2, 0.25) is 0 Å². The van der Waals surface area contributed by atoms with E-state index in [1.807, 2.05) is 0 Å². The molecule has 4 nitrogen and oxygen atoms in total. The summed E-state index contributed by atoms with van der Waals surface area (Å²) in [5, 5.41) is 3.62. The number of primary amides is 1. The Morgan fingerprint density at radius 1 is 1.24 bits per heavy atom. The molecule has 1 unspecified atom stereocenters. The van der Waals surface area contributed by atoms with Crippen LogP contribution in [0, 0.1) is 11.8 Å². The van der Waals surface area contributed by atoms with Crippen LogP contribution in [0.1, 0.15) is 59.3 Å². The van der Waals surface area contributed by atoms with Crippen molar-refractivity contribution in [3.05, 3.63) is 0 Å². The van der Waals surface area contributed by atoms with E-state index in [1.54, 1.807) is 0 Å². The summed E-state index contributed by atoms with van der Waals surface area (Å²) < 4.78 is 0. The molecule has 0 radical (unpaired) electrons. The average Bonchev–Trinajstić information content (AvgIpc) is 3.35. The third-order valence-electron chi connectivity index (χ3n) is 5.34. The lowest BCUT2D eigenvalue weighted by Gasteiger charge is -2.38. The molecule has 2 rings (SSSR count). The third kappa shape index (κ3) is 4.19. The Morgan fingerprint density at radius 2 is 1.86 bits per heavy atom. The minimum absolute atomic E-state index is 0.139. The van der Waals surface area contributed by atoms with Crippen LogP contribution in [0.5, 0.6) is 0 Å². The zero-order valence-corrected chi connectivity index (χ0v) is 14.0. The molecular formula is C17H33N3O. The lowest BCUT2D eigenvalue weighted by molar-refractivity contribution is -0.126. The van der Waals surface area contributed by atoms with Crippen LogP contribution < -0.4 is 11.1 Å². The number of likely N-dealkylation sites (N-methyl/N-ethyl adjacent to an activating group) is 1. The fourth-order valence-corrected chi connectivity index (χ4v) is 3.38. The Labute approximate surface area is 129 Å². The van der Waals surface area contributed by atoms with Crippen molar-refractivity contribution in [2.24, 2.45) is 17.6 Å². The molecule has 4 heteroatoms. The molecule has 2 saturated carbocycles. The topological polar surface area (TPSA) is 58.4 Å². The lowest BCUT2D eigenvalue weighted by atomic mass is 9.90. The van der Waals surface area contributed by atoms with Crippen molar-refractivity contribution in [3.8, 4) is 0 Å². The van der Waals surface area contributed by atoms with Gasteiger partial charge in [0.05, 0.1) is 0 Å². The van der Waals surface area contributed by atoms with Gasteiger partial charge >= 0.3 is 0 Å². The summed E-state index contributed by atoms with van der Waals surface area (Å²) in [6.45, 7) is 9.57. The van der Waals surface area contributed by atoms with Crippen molar-refractivity contribution in [2.75, 3.05) is 19.6 Å². The highest BCUT2D eigenvalue weighted by Gasteiger charge is 2.52. The number of nitrogens with zero attached hydrogens (tertiary/aromatic N) is 1. The molecule has 1 atom stereocenters. The number of nitrogens with one attached hydrogen (secondary N) is 1. The van der Waals surface area contributed by atoms with Gasteiger partial charge in [0.1, 0.15) is 5.54 Å². The summed E-state index contributed by atoms with van der Waals surface area (Å²) in [5.74, 6) is 1.03. The van der Waals surface area contributed by atoms with Crippen molar-refractivity contribution in [3.63, 3.8) is 0 Å². The van der Waals surface area contributed by atoms with Gasteiger partial charge in [-0.1, -0.05) is 33.6 Å². The smallest absolute Gasteiger partial charge is 0.239 e. The molecule has 0 heterocycles. The molecule has 0 aromatic rings. The highest BCUT2D eigenvalue weighted by molar-refractivity contribution is 5.86. The second-order valence-corrected chi connectivity index (χ2v) is 7.04. The van der Waals surface area contributed by atoms with Gasteiger partial charge in [-0.3, -0.25) is 10.1 Å². The number of carbonyl (C=O) groups excluding carboxylic acids is 1. The Bertz CT molecular complexity index is 348. The fourth-order valence-electron chi connectivity index (χ4n) is 3.38. The van der Waals surface area contributed by atoms with E-state index in [0.717, 1.165) is 38.4 Å². The summed E-state index contributed by atoms with van der Waals surface area (Å²) in [7, 11) is 0. The van der Waals surface area contributed by atoms with E-state index in [1.165, 1.54) is 25.7 Å². The van der Waals surface area contributed by atoms with E-state index >= 15 is 0 Å². The minimum Gasteiger partial charge on any atom is -0.368 e.